The Kier molecular flexibility index (Phi) is 5.22. The first-order valence-electron chi connectivity index (χ1n) is 10.7. The number of amides is 1. The Morgan fingerprint density at radius 3 is 2.84 bits per heavy atom. The first-order valence-corrected chi connectivity index (χ1v) is 10.7. The van der Waals surface area contributed by atoms with Crippen LogP contribution in [0.2, 0.25) is 0 Å². The number of rotatable bonds is 6. The molecule has 1 atom stereocenters. The molecular weight excluding hydrogens is 406 g/mol. The molecule has 0 radical (unpaired) electrons. The molecule has 1 N–H and O–H groups in total. The number of nitrogens with zero attached hydrogens (tertiary/aromatic N) is 6. The van der Waals surface area contributed by atoms with Crippen LogP contribution < -0.4 is 5.32 Å². The Labute approximate surface area is 184 Å². The van der Waals surface area contributed by atoms with Gasteiger partial charge in [-0.25, -0.2) is 0 Å². The van der Waals surface area contributed by atoms with Gasteiger partial charge in [-0.05, 0) is 40.8 Å². The molecule has 1 aliphatic rings. The molecule has 9 nitrogen and oxygen atoms in total. The van der Waals surface area contributed by atoms with Gasteiger partial charge in [0, 0.05) is 11.5 Å². The average molecular weight is 429 g/mol. The van der Waals surface area contributed by atoms with Crippen LogP contribution in [0.5, 0.6) is 0 Å². The SMILES string of the molecule is CC(C)c1nc(-c2ccc3c(c2)CCC3NC(=O)c2nnn(Cc3ccccc3)n2)no1. The largest absolute Gasteiger partial charge is 0.342 e. The molecule has 4 aromatic rings. The average Bonchev–Trinajstić information content (AvgIpc) is 3.54. The number of tetrazole rings is 1. The van der Waals surface area contributed by atoms with Crippen molar-refractivity contribution >= 4 is 5.91 Å². The van der Waals surface area contributed by atoms with Crippen molar-refractivity contribution in [3.63, 3.8) is 0 Å². The molecule has 0 bridgehead atoms. The predicted molar refractivity (Wildman–Crippen MR) is 116 cm³/mol. The Bertz CT molecular complexity index is 1250. The smallest absolute Gasteiger partial charge is 0.293 e. The van der Waals surface area contributed by atoms with E-state index < -0.39 is 0 Å². The third kappa shape index (κ3) is 4.01. The molecule has 2 aromatic heterocycles. The zero-order valence-electron chi connectivity index (χ0n) is 17.9. The molecule has 2 heterocycles. The van der Waals surface area contributed by atoms with Crippen LogP contribution in [0.4, 0.5) is 0 Å². The first-order chi connectivity index (χ1) is 15.6. The highest BCUT2D eigenvalue weighted by molar-refractivity contribution is 5.90. The Balaban J connectivity index is 1.27. The number of benzene rings is 2. The van der Waals surface area contributed by atoms with Crippen LogP contribution in [0.15, 0.2) is 53.1 Å². The summed E-state index contributed by atoms with van der Waals surface area (Å²) in [5, 5.41) is 19.3. The zero-order chi connectivity index (χ0) is 22.1. The second-order valence-electron chi connectivity index (χ2n) is 8.22. The third-order valence-electron chi connectivity index (χ3n) is 5.54. The molecule has 0 fully saturated rings. The summed E-state index contributed by atoms with van der Waals surface area (Å²) in [7, 11) is 0. The van der Waals surface area contributed by atoms with Crippen molar-refractivity contribution in [2.75, 3.05) is 0 Å². The maximum atomic E-state index is 12.7. The van der Waals surface area contributed by atoms with E-state index in [1.54, 1.807) is 0 Å². The molecule has 0 spiro atoms. The number of nitrogens with one attached hydrogen (secondary N) is 1. The summed E-state index contributed by atoms with van der Waals surface area (Å²) in [6.45, 7) is 4.50. The lowest BCUT2D eigenvalue weighted by atomic mass is 10.0. The molecular formula is C23H23N7O2. The summed E-state index contributed by atoms with van der Waals surface area (Å²) in [5.74, 6) is 1.14. The van der Waals surface area contributed by atoms with Crippen molar-refractivity contribution < 1.29 is 9.32 Å². The molecule has 0 saturated carbocycles. The highest BCUT2D eigenvalue weighted by atomic mass is 16.5. The van der Waals surface area contributed by atoms with E-state index in [1.165, 1.54) is 10.4 Å². The van der Waals surface area contributed by atoms with E-state index >= 15 is 0 Å². The van der Waals surface area contributed by atoms with Crippen LogP contribution in [0.25, 0.3) is 11.4 Å². The summed E-state index contributed by atoms with van der Waals surface area (Å²) >= 11 is 0. The normalized spacial score (nSPS) is 15.2. The fourth-order valence-electron chi connectivity index (χ4n) is 3.86. The van der Waals surface area contributed by atoms with Gasteiger partial charge in [-0.1, -0.05) is 61.5 Å². The van der Waals surface area contributed by atoms with Gasteiger partial charge < -0.3 is 9.84 Å². The van der Waals surface area contributed by atoms with Crippen LogP contribution in [-0.2, 0) is 13.0 Å². The summed E-state index contributed by atoms with van der Waals surface area (Å²) in [5.41, 5.74) is 4.21. The minimum atomic E-state index is -0.328. The van der Waals surface area contributed by atoms with Crippen molar-refractivity contribution in [1.82, 2.24) is 35.7 Å². The number of hydrogen-bond acceptors (Lipinski definition) is 7. The van der Waals surface area contributed by atoms with Gasteiger partial charge in [-0.3, -0.25) is 4.79 Å². The van der Waals surface area contributed by atoms with Crippen LogP contribution in [0, 0.1) is 0 Å². The van der Waals surface area contributed by atoms with Gasteiger partial charge in [0.2, 0.25) is 11.7 Å². The molecule has 1 aliphatic carbocycles. The van der Waals surface area contributed by atoms with Gasteiger partial charge in [-0.2, -0.15) is 9.78 Å². The van der Waals surface area contributed by atoms with Crippen LogP contribution >= 0.6 is 0 Å². The first kappa shape index (κ1) is 20.0. The standard InChI is InChI=1S/C23H23N7O2/c1-14(2)23-25-20(28-32-23)17-8-10-18-16(12-17)9-11-19(18)24-22(31)21-26-29-30(27-21)13-15-6-4-3-5-7-15/h3-8,10,12,14,19H,9,11,13H2,1-2H3,(H,24,31). The van der Waals surface area contributed by atoms with Crippen molar-refractivity contribution in [3.05, 3.63) is 76.9 Å². The van der Waals surface area contributed by atoms with Gasteiger partial charge in [0.25, 0.3) is 11.7 Å². The van der Waals surface area contributed by atoms with Gasteiger partial charge in [0.15, 0.2) is 0 Å². The van der Waals surface area contributed by atoms with E-state index in [4.69, 9.17) is 4.52 Å². The highest BCUT2D eigenvalue weighted by Gasteiger charge is 2.27. The zero-order valence-corrected chi connectivity index (χ0v) is 17.9. The van der Waals surface area contributed by atoms with Crippen molar-refractivity contribution in [2.24, 2.45) is 0 Å². The molecule has 0 saturated heterocycles. The summed E-state index contributed by atoms with van der Waals surface area (Å²) < 4.78 is 5.32. The van der Waals surface area contributed by atoms with Gasteiger partial charge in [-0.15, -0.1) is 10.2 Å². The molecule has 1 amide bonds. The van der Waals surface area contributed by atoms with Gasteiger partial charge >= 0.3 is 0 Å². The van der Waals surface area contributed by atoms with Crippen molar-refractivity contribution in [2.45, 2.75) is 45.2 Å². The van der Waals surface area contributed by atoms with E-state index in [0.29, 0.717) is 18.3 Å². The number of carbonyl (C=O) groups excluding carboxylic acids is 1. The van der Waals surface area contributed by atoms with Crippen LogP contribution in [0.1, 0.15) is 65.4 Å². The molecule has 2 aromatic carbocycles. The quantitative estimate of drug-likeness (QED) is 0.500. The Morgan fingerprint density at radius 2 is 2.06 bits per heavy atom. The Morgan fingerprint density at radius 1 is 1.22 bits per heavy atom. The molecule has 162 valence electrons. The molecule has 32 heavy (non-hydrogen) atoms. The number of aryl methyl sites for hydroxylation is 1. The lowest BCUT2D eigenvalue weighted by Gasteiger charge is -2.12. The molecule has 5 rings (SSSR count). The summed E-state index contributed by atoms with van der Waals surface area (Å²) in [6.07, 6.45) is 1.67. The van der Waals surface area contributed by atoms with E-state index in [9.17, 15) is 4.79 Å². The highest BCUT2D eigenvalue weighted by Crippen LogP contribution is 2.34. The summed E-state index contributed by atoms with van der Waals surface area (Å²) in [6, 6.07) is 15.8. The maximum Gasteiger partial charge on any atom is 0.293 e. The molecule has 0 aliphatic heterocycles. The fraction of sp³-hybridized carbons (Fsp3) is 0.304. The third-order valence-corrected chi connectivity index (χ3v) is 5.54. The number of carbonyl (C=O) groups is 1. The number of hydrogen-bond donors (Lipinski definition) is 1. The summed E-state index contributed by atoms with van der Waals surface area (Å²) in [4.78, 5) is 18.6. The second kappa shape index (κ2) is 8.33. The van der Waals surface area contributed by atoms with E-state index in [2.05, 4.69) is 36.9 Å². The minimum absolute atomic E-state index is 0.0685. The van der Waals surface area contributed by atoms with E-state index in [1.807, 2.05) is 56.3 Å². The number of aromatic nitrogens is 6. The Hall–Kier alpha value is -3.88. The van der Waals surface area contributed by atoms with E-state index in [-0.39, 0.29) is 23.7 Å². The monoisotopic (exact) mass is 429 g/mol. The molecule has 1 unspecified atom stereocenters. The van der Waals surface area contributed by atoms with Crippen molar-refractivity contribution in [3.8, 4) is 11.4 Å². The van der Waals surface area contributed by atoms with Crippen LogP contribution in [-0.4, -0.2) is 36.3 Å². The van der Waals surface area contributed by atoms with Crippen LogP contribution in [0.3, 0.4) is 0 Å². The fourth-order valence-corrected chi connectivity index (χ4v) is 3.86. The topological polar surface area (TPSA) is 112 Å². The molecule has 9 heteroatoms. The van der Waals surface area contributed by atoms with Gasteiger partial charge in [0.05, 0.1) is 12.6 Å². The van der Waals surface area contributed by atoms with Gasteiger partial charge in [0.1, 0.15) is 0 Å². The minimum Gasteiger partial charge on any atom is -0.342 e. The van der Waals surface area contributed by atoms with Crippen molar-refractivity contribution in [1.29, 1.82) is 0 Å². The predicted octanol–water partition coefficient (Wildman–Crippen LogP) is 3.31. The number of fused-ring (bicyclic) bond motifs is 1. The lowest BCUT2D eigenvalue weighted by molar-refractivity contribution is 0.0925. The maximum absolute atomic E-state index is 12.7. The second-order valence-corrected chi connectivity index (χ2v) is 8.22. The van der Waals surface area contributed by atoms with E-state index in [0.717, 1.165) is 29.5 Å². The lowest BCUT2D eigenvalue weighted by Crippen LogP contribution is -2.28.